The van der Waals surface area contributed by atoms with Crippen molar-refractivity contribution in [3.63, 3.8) is 0 Å². The molecule has 11 heavy (non-hydrogen) atoms. The average molecular weight is 153 g/mol. The van der Waals surface area contributed by atoms with Crippen LogP contribution in [-0.2, 0) is 0 Å². The second kappa shape index (κ2) is 4.55. The Bertz CT molecular complexity index is 132. The van der Waals surface area contributed by atoms with Crippen LogP contribution >= 0.6 is 0 Å². The largest absolute Gasteiger partial charge is 0.317 e. The van der Waals surface area contributed by atoms with Gasteiger partial charge in [0.25, 0.3) is 0 Å². The Morgan fingerprint density at radius 1 is 1.45 bits per heavy atom. The van der Waals surface area contributed by atoms with Crippen molar-refractivity contribution < 1.29 is 0 Å². The maximum absolute atomic E-state index is 3.39. The monoisotopic (exact) mass is 153 g/mol. The maximum atomic E-state index is 3.39. The molecule has 0 bridgehead atoms. The molecule has 0 atom stereocenters. The minimum atomic E-state index is 0.951. The van der Waals surface area contributed by atoms with Gasteiger partial charge in [-0.1, -0.05) is 11.6 Å². The Hall–Kier alpha value is -0.300. The van der Waals surface area contributed by atoms with E-state index in [0.717, 1.165) is 5.92 Å². The number of nitrogens with one attached hydrogen (secondary N) is 1. The lowest BCUT2D eigenvalue weighted by atomic mass is 9.91. The van der Waals surface area contributed by atoms with Gasteiger partial charge in [-0.2, -0.15) is 0 Å². The highest BCUT2D eigenvalue weighted by atomic mass is 14.9. The molecular weight excluding hydrogens is 134 g/mol. The summed E-state index contributed by atoms with van der Waals surface area (Å²) in [7, 11) is 0. The van der Waals surface area contributed by atoms with Crippen LogP contribution in [0.15, 0.2) is 11.6 Å². The first-order chi connectivity index (χ1) is 5.33. The highest BCUT2D eigenvalue weighted by Gasteiger charge is 2.12. The van der Waals surface area contributed by atoms with Crippen molar-refractivity contribution in [2.24, 2.45) is 5.92 Å². The summed E-state index contributed by atoms with van der Waals surface area (Å²) >= 11 is 0. The molecule has 1 aliphatic rings. The fraction of sp³-hybridized carbons (Fsp3) is 0.800. The van der Waals surface area contributed by atoms with Crippen molar-refractivity contribution >= 4 is 0 Å². The standard InChI is InChI=1S/C10H19N/c1-3-9(2)8-10-4-6-11-7-5-10/h3,10-11H,4-8H2,1-2H3/b9-3+. The Morgan fingerprint density at radius 3 is 2.64 bits per heavy atom. The average Bonchev–Trinajstić information content (AvgIpc) is 2.06. The first-order valence-electron chi connectivity index (χ1n) is 4.65. The van der Waals surface area contributed by atoms with Crippen LogP contribution in [0.1, 0.15) is 33.1 Å². The van der Waals surface area contributed by atoms with Crippen molar-refractivity contribution in [3.05, 3.63) is 11.6 Å². The van der Waals surface area contributed by atoms with Crippen LogP contribution < -0.4 is 5.32 Å². The maximum Gasteiger partial charge on any atom is -0.00462 e. The summed E-state index contributed by atoms with van der Waals surface area (Å²) in [6, 6.07) is 0. The molecule has 0 aromatic heterocycles. The van der Waals surface area contributed by atoms with Gasteiger partial charge >= 0.3 is 0 Å². The Kier molecular flexibility index (Phi) is 3.64. The summed E-state index contributed by atoms with van der Waals surface area (Å²) in [6.45, 7) is 6.82. The first kappa shape index (κ1) is 8.79. The van der Waals surface area contributed by atoms with Gasteiger partial charge in [-0.3, -0.25) is 0 Å². The van der Waals surface area contributed by atoms with Crippen LogP contribution in [0.2, 0.25) is 0 Å². The highest BCUT2D eigenvalue weighted by Crippen LogP contribution is 2.19. The molecule has 0 unspecified atom stereocenters. The Labute approximate surface area is 69.9 Å². The topological polar surface area (TPSA) is 12.0 Å². The summed E-state index contributed by atoms with van der Waals surface area (Å²) < 4.78 is 0. The summed E-state index contributed by atoms with van der Waals surface area (Å²) in [4.78, 5) is 0. The number of piperidine rings is 1. The predicted octanol–water partition coefficient (Wildman–Crippen LogP) is 2.34. The van der Waals surface area contributed by atoms with Gasteiger partial charge in [0.15, 0.2) is 0 Å². The van der Waals surface area contributed by atoms with Gasteiger partial charge in [-0.05, 0) is 52.1 Å². The molecule has 0 aromatic carbocycles. The fourth-order valence-electron chi connectivity index (χ4n) is 1.66. The van der Waals surface area contributed by atoms with Crippen molar-refractivity contribution in [2.45, 2.75) is 33.1 Å². The summed E-state index contributed by atoms with van der Waals surface area (Å²) in [5.74, 6) is 0.951. The summed E-state index contributed by atoms with van der Waals surface area (Å²) in [5.41, 5.74) is 1.55. The van der Waals surface area contributed by atoms with E-state index in [4.69, 9.17) is 0 Å². The third-order valence-corrected chi connectivity index (χ3v) is 2.56. The predicted molar refractivity (Wildman–Crippen MR) is 49.6 cm³/mol. The summed E-state index contributed by atoms with van der Waals surface area (Å²) in [5, 5.41) is 3.39. The Balaban J connectivity index is 2.24. The number of rotatable bonds is 2. The van der Waals surface area contributed by atoms with Gasteiger partial charge in [0.1, 0.15) is 0 Å². The molecule has 64 valence electrons. The smallest absolute Gasteiger partial charge is 0.00462 e. The van der Waals surface area contributed by atoms with Crippen molar-refractivity contribution in [2.75, 3.05) is 13.1 Å². The van der Waals surface area contributed by atoms with E-state index >= 15 is 0 Å². The molecular formula is C10H19N. The molecule has 1 heterocycles. The third kappa shape index (κ3) is 3.06. The molecule has 0 radical (unpaired) electrons. The SMILES string of the molecule is C/C=C(\C)CC1CCNCC1. The normalized spacial score (nSPS) is 22.2. The number of allylic oxidation sites excluding steroid dienone is 2. The van der Waals surface area contributed by atoms with Gasteiger partial charge in [-0.15, -0.1) is 0 Å². The van der Waals surface area contributed by atoms with Crippen molar-refractivity contribution in [1.82, 2.24) is 5.32 Å². The summed E-state index contributed by atoms with van der Waals surface area (Å²) in [6.07, 6.45) is 6.29. The van der Waals surface area contributed by atoms with E-state index in [9.17, 15) is 0 Å². The van der Waals surface area contributed by atoms with E-state index in [2.05, 4.69) is 25.2 Å². The van der Waals surface area contributed by atoms with E-state index in [1.165, 1.54) is 32.4 Å². The van der Waals surface area contributed by atoms with E-state index in [1.54, 1.807) is 5.57 Å². The number of hydrogen-bond acceptors (Lipinski definition) is 1. The van der Waals surface area contributed by atoms with Gasteiger partial charge < -0.3 is 5.32 Å². The molecule has 0 aromatic rings. The fourth-order valence-corrected chi connectivity index (χ4v) is 1.66. The molecule has 1 fully saturated rings. The molecule has 1 N–H and O–H groups in total. The molecule has 1 heteroatoms. The molecule has 0 amide bonds. The quantitative estimate of drug-likeness (QED) is 0.600. The lowest BCUT2D eigenvalue weighted by Gasteiger charge is -2.22. The van der Waals surface area contributed by atoms with Crippen LogP contribution in [0.4, 0.5) is 0 Å². The first-order valence-corrected chi connectivity index (χ1v) is 4.65. The van der Waals surface area contributed by atoms with E-state index in [-0.39, 0.29) is 0 Å². The molecule has 1 saturated heterocycles. The zero-order valence-electron chi connectivity index (χ0n) is 7.69. The van der Waals surface area contributed by atoms with Crippen molar-refractivity contribution in [1.29, 1.82) is 0 Å². The third-order valence-electron chi connectivity index (χ3n) is 2.56. The van der Waals surface area contributed by atoms with E-state index in [0.29, 0.717) is 0 Å². The van der Waals surface area contributed by atoms with E-state index < -0.39 is 0 Å². The minimum absolute atomic E-state index is 0.951. The van der Waals surface area contributed by atoms with Crippen LogP contribution in [0.25, 0.3) is 0 Å². The van der Waals surface area contributed by atoms with Crippen LogP contribution in [0, 0.1) is 5.92 Å². The zero-order chi connectivity index (χ0) is 8.10. The molecule has 1 aliphatic heterocycles. The lowest BCUT2D eigenvalue weighted by Crippen LogP contribution is -2.27. The van der Waals surface area contributed by atoms with Crippen LogP contribution in [-0.4, -0.2) is 13.1 Å². The van der Waals surface area contributed by atoms with Crippen LogP contribution in [0.5, 0.6) is 0 Å². The second-order valence-electron chi connectivity index (χ2n) is 3.53. The van der Waals surface area contributed by atoms with E-state index in [1.807, 2.05) is 0 Å². The van der Waals surface area contributed by atoms with Gasteiger partial charge in [0.05, 0.1) is 0 Å². The molecule has 0 saturated carbocycles. The molecule has 1 nitrogen and oxygen atoms in total. The number of hydrogen-bond donors (Lipinski definition) is 1. The molecule has 1 rings (SSSR count). The zero-order valence-corrected chi connectivity index (χ0v) is 7.69. The van der Waals surface area contributed by atoms with Gasteiger partial charge in [0.2, 0.25) is 0 Å². The Morgan fingerprint density at radius 2 is 2.09 bits per heavy atom. The second-order valence-corrected chi connectivity index (χ2v) is 3.53. The van der Waals surface area contributed by atoms with Crippen molar-refractivity contribution in [3.8, 4) is 0 Å². The lowest BCUT2D eigenvalue weighted by molar-refractivity contribution is 0.372. The van der Waals surface area contributed by atoms with Crippen LogP contribution in [0.3, 0.4) is 0 Å². The van der Waals surface area contributed by atoms with Gasteiger partial charge in [0, 0.05) is 0 Å². The highest BCUT2D eigenvalue weighted by molar-refractivity contribution is 4.97. The molecule has 0 spiro atoms. The van der Waals surface area contributed by atoms with Gasteiger partial charge in [-0.25, -0.2) is 0 Å². The minimum Gasteiger partial charge on any atom is -0.317 e. The molecule has 0 aliphatic carbocycles.